The molecule has 0 amide bonds. The van der Waals surface area contributed by atoms with Gasteiger partial charge in [-0.1, -0.05) is 47.8 Å². The average Bonchev–Trinajstić information content (AvgIpc) is 2.70. The molecule has 1 aromatic carbocycles. The maximum Gasteiger partial charge on any atom is 0.462 e. The van der Waals surface area contributed by atoms with Crippen LogP contribution in [0, 0.1) is 0 Å². The quantitative estimate of drug-likeness (QED) is 0.517. The summed E-state index contributed by atoms with van der Waals surface area (Å²) in [6.07, 6.45) is -8.85. The van der Waals surface area contributed by atoms with Gasteiger partial charge in [0.25, 0.3) is 0 Å². The second kappa shape index (κ2) is 9.66. The van der Waals surface area contributed by atoms with Crippen LogP contribution in [-0.2, 0) is 11.5 Å². The molecule has 0 aliphatic carbocycles. The number of halogens is 6. The van der Waals surface area contributed by atoms with E-state index in [9.17, 15) is 26.3 Å². The van der Waals surface area contributed by atoms with Crippen LogP contribution in [0.15, 0.2) is 34.3 Å². The summed E-state index contributed by atoms with van der Waals surface area (Å²) in [6, 6.07) is 7.50. The molecule has 0 saturated heterocycles. The summed E-state index contributed by atoms with van der Waals surface area (Å²) >= 11 is 2.60. The van der Waals surface area contributed by atoms with Gasteiger partial charge in [-0.05, 0) is 11.1 Å². The summed E-state index contributed by atoms with van der Waals surface area (Å²) in [5, 5.41) is 6.17. The monoisotopic (exact) mass is 472 g/mol. The van der Waals surface area contributed by atoms with Gasteiger partial charge in [0.1, 0.15) is 13.3 Å². The first-order valence-electron chi connectivity index (χ1n) is 8.65. The number of aliphatic imine (C=N–C) groups is 2. The van der Waals surface area contributed by atoms with E-state index in [1.54, 1.807) is 0 Å². The maximum absolute atomic E-state index is 12.6. The highest BCUT2D eigenvalue weighted by Crippen LogP contribution is 2.26. The van der Waals surface area contributed by atoms with E-state index in [4.69, 9.17) is 0 Å². The van der Waals surface area contributed by atoms with E-state index in [0.29, 0.717) is 21.8 Å². The molecule has 2 aliphatic rings. The summed E-state index contributed by atoms with van der Waals surface area (Å²) in [5.41, 5.74) is 1.93. The number of amidine groups is 2. The van der Waals surface area contributed by atoms with E-state index in [1.807, 2.05) is 24.3 Å². The lowest BCUT2D eigenvalue weighted by Gasteiger charge is -2.28. The van der Waals surface area contributed by atoms with Gasteiger partial charge in [0.15, 0.2) is 10.3 Å². The van der Waals surface area contributed by atoms with Crippen LogP contribution in [0.4, 0.5) is 26.3 Å². The number of rotatable bonds is 4. The molecule has 30 heavy (non-hydrogen) atoms. The van der Waals surface area contributed by atoms with Gasteiger partial charge in [-0.2, -0.15) is 36.1 Å². The molecule has 3 rings (SSSR count). The van der Waals surface area contributed by atoms with E-state index in [-0.39, 0.29) is 23.1 Å². The van der Waals surface area contributed by atoms with Gasteiger partial charge in [-0.25, -0.2) is 9.98 Å². The molecular formula is C16H18F6N6S2. The molecule has 2 N–H and O–H groups in total. The van der Waals surface area contributed by atoms with Crippen LogP contribution in [-0.4, -0.2) is 59.4 Å². The Morgan fingerprint density at radius 3 is 1.47 bits per heavy atom. The predicted octanol–water partition coefficient (Wildman–Crippen LogP) is 3.55. The number of hydrogen-bond acceptors (Lipinski definition) is 8. The van der Waals surface area contributed by atoms with Crippen molar-refractivity contribution in [3.8, 4) is 0 Å². The fraction of sp³-hybridized carbons (Fsp3) is 0.500. The highest BCUT2D eigenvalue weighted by atomic mass is 32.2. The van der Waals surface area contributed by atoms with Crippen molar-refractivity contribution >= 4 is 33.9 Å². The minimum atomic E-state index is -4.43. The third kappa shape index (κ3) is 6.43. The van der Waals surface area contributed by atoms with Crippen molar-refractivity contribution in [3.05, 3.63) is 35.4 Å². The molecule has 0 atom stereocenters. The summed E-state index contributed by atoms with van der Waals surface area (Å²) in [6.45, 7) is -1.60. The van der Waals surface area contributed by atoms with Crippen molar-refractivity contribution in [1.82, 2.24) is 20.4 Å². The van der Waals surface area contributed by atoms with Gasteiger partial charge in [-0.3, -0.25) is 0 Å². The van der Waals surface area contributed by atoms with Crippen molar-refractivity contribution in [2.45, 2.75) is 24.1 Å². The van der Waals surface area contributed by atoms with Crippen LogP contribution in [0.1, 0.15) is 11.1 Å². The molecular weight excluding hydrogens is 454 g/mol. The molecule has 0 fully saturated rings. The second-order valence-corrected chi connectivity index (χ2v) is 8.17. The Hall–Kier alpha value is -1.64. The zero-order valence-electron chi connectivity index (χ0n) is 15.4. The predicted molar refractivity (Wildman–Crippen MR) is 105 cm³/mol. The summed E-state index contributed by atoms with van der Waals surface area (Å²) < 4.78 is 75.7. The first kappa shape index (κ1) is 23.0. The summed E-state index contributed by atoms with van der Waals surface area (Å²) in [7, 11) is 0. The lowest BCUT2D eigenvalue weighted by molar-refractivity contribution is -0.247. The Bertz CT molecular complexity index is 732. The first-order valence-corrected chi connectivity index (χ1v) is 10.6. The number of nitrogens with zero attached hydrogens (tertiary/aromatic N) is 4. The Morgan fingerprint density at radius 1 is 0.767 bits per heavy atom. The lowest BCUT2D eigenvalue weighted by atomic mass is 10.1. The number of nitrogens with one attached hydrogen (secondary N) is 2. The van der Waals surface area contributed by atoms with Crippen molar-refractivity contribution in [2.24, 2.45) is 9.98 Å². The summed E-state index contributed by atoms with van der Waals surface area (Å²) in [5.74, 6) is 0.993. The number of thioether (sulfide) groups is 2. The molecule has 0 unspecified atom stereocenters. The zero-order valence-corrected chi connectivity index (χ0v) is 17.1. The van der Waals surface area contributed by atoms with Crippen LogP contribution >= 0.6 is 23.5 Å². The van der Waals surface area contributed by atoms with Crippen molar-refractivity contribution in [1.29, 1.82) is 0 Å². The summed E-state index contributed by atoms with van der Waals surface area (Å²) in [4.78, 5) is 8.35. The SMILES string of the molecule is FC(F)(F)N1CN=C(SCc2ccccc2CSC2=NCN(C(F)(F)F)CN2)NC1. The third-order valence-corrected chi connectivity index (χ3v) is 6.18. The number of alkyl halides is 6. The van der Waals surface area contributed by atoms with Crippen LogP contribution < -0.4 is 10.6 Å². The van der Waals surface area contributed by atoms with Gasteiger partial charge < -0.3 is 10.6 Å². The van der Waals surface area contributed by atoms with Crippen LogP contribution in [0.3, 0.4) is 0 Å². The van der Waals surface area contributed by atoms with Gasteiger partial charge in [0, 0.05) is 11.5 Å². The molecule has 0 saturated carbocycles. The van der Waals surface area contributed by atoms with Gasteiger partial charge in [-0.15, -0.1) is 0 Å². The second-order valence-electron chi connectivity index (χ2n) is 6.24. The Kier molecular flexibility index (Phi) is 7.42. The minimum absolute atomic E-state index is 0.263. The minimum Gasteiger partial charge on any atom is -0.352 e. The van der Waals surface area contributed by atoms with Crippen molar-refractivity contribution in [2.75, 3.05) is 26.7 Å². The maximum atomic E-state index is 12.6. The standard InChI is InChI=1S/C16H18F6N6S2/c17-15(18,19)27-7-23-13(24-8-27)29-5-11-3-1-2-4-12(11)6-30-14-25-9-28(10-26-14)16(20,21)22/h1-4H,5-10H2,(H,23,24)(H,25,26). The largest absolute Gasteiger partial charge is 0.462 e. The smallest absolute Gasteiger partial charge is 0.352 e. The van der Waals surface area contributed by atoms with Crippen LogP contribution in [0.5, 0.6) is 0 Å². The topological polar surface area (TPSA) is 55.3 Å². The number of benzene rings is 1. The highest BCUT2D eigenvalue weighted by Gasteiger charge is 2.39. The van der Waals surface area contributed by atoms with E-state index >= 15 is 0 Å². The Labute approximate surface area is 177 Å². The van der Waals surface area contributed by atoms with E-state index in [2.05, 4.69) is 20.6 Å². The molecule has 2 aliphatic heterocycles. The van der Waals surface area contributed by atoms with Crippen LogP contribution in [0.25, 0.3) is 0 Å². The molecule has 0 radical (unpaired) electrons. The Morgan fingerprint density at radius 2 is 1.17 bits per heavy atom. The molecule has 2 heterocycles. The van der Waals surface area contributed by atoms with Crippen molar-refractivity contribution < 1.29 is 26.3 Å². The zero-order chi connectivity index (χ0) is 21.8. The van der Waals surface area contributed by atoms with E-state index < -0.39 is 25.9 Å². The first-order chi connectivity index (χ1) is 14.1. The molecule has 1 aromatic rings. The molecule has 6 nitrogen and oxygen atoms in total. The average molecular weight is 472 g/mol. The molecule has 14 heteroatoms. The molecule has 0 aromatic heterocycles. The van der Waals surface area contributed by atoms with Gasteiger partial charge >= 0.3 is 12.6 Å². The van der Waals surface area contributed by atoms with Crippen LogP contribution in [0.2, 0.25) is 0 Å². The van der Waals surface area contributed by atoms with E-state index in [1.165, 1.54) is 23.5 Å². The third-order valence-electron chi connectivity index (χ3n) is 4.18. The van der Waals surface area contributed by atoms with Gasteiger partial charge in [0.05, 0.1) is 13.3 Å². The highest BCUT2D eigenvalue weighted by molar-refractivity contribution is 8.13. The normalized spacial score (nSPS) is 19.0. The number of hydrogen-bond donors (Lipinski definition) is 2. The molecule has 0 spiro atoms. The Balaban J connectivity index is 1.52. The van der Waals surface area contributed by atoms with Gasteiger partial charge in [0.2, 0.25) is 0 Å². The molecule has 0 bridgehead atoms. The fourth-order valence-electron chi connectivity index (χ4n) is 2.50. The van der Waals surface area contributed by atoms with Crippen molar-refractivity contribution in [3.63, 3.8) is 0 Å². The molecule has 166 valence electrons. The van der Waals surface area contributed by atoms with E-state index in [0.717, 1.165) is 11.1 Å². The fourth-order valence-corrected chi connectivity index (χ4v) is 4.28. The lowest BCUT2D eigenvalue weighted by Crippen LogP contribution is -2.48.